The predicted molar refractivity (Wildman–Crippen MR) is 162 cm³/mol. The second-order valence-electron chi connectivity index (χ2n) is 8.95. The van der Waals surface area contributed by atoms with Crippen LogP contribution in [0, 0.1) is 6.92 Å². The Labute approximate surface area is 253 Å². The third-order valence-electron chi connectivity index (χ3n) is 6.12. The number of urea groups is 1. The minimum Gasteiger partial charge on any atom is -0.377 e. The molecule has 1 aliphatic heterocycles. The number of imide groups is 2. The number of anilines is 2. The molecule has 4 amide bonds. The van der Waals surface area contributed by atoms with Crippen molar-refractivity contribution in [2.75, 3.05) is 9.80 Å². The number of rotatable bonds is 6. The number of hydrogen-bond acceptors (Lipinski definition) is 6. The molecule has 206 valence electrons. The summed E-state index contributed by atoms with van der Waals surface area (Å²) >= 11 is 6.72. The van der Waals surface area contributed by atoms with Crippen molar-refractivity contribution in [1.29, 1.82) is 0 Å². The molecule has 1 heterocycles. The van der Waals surface area contributed by atoms with Gasteiger partial charge < -0.3 is 4.18 Å². The zero-order chi connectivity index (χ0) is 29.3. The Morgan fingerprint density at radius 1 is 0.732 bits per heavy atom. The second-order valence-corrected chi connectivity index (χ2v) is 12.3. The van der Waals surface area contributed by atoms with Crippen LogP contribution < -0.4 is 14.0 Å². The molecule has 1 saturated heterocycles. The SMILES string of the molecule is Cc1ccc(S(=O)(=O)Oc2c(Br)cc(Br)cc2C=C2C(=O)N(c3ccccc3)C(=O)N(c3ccccc3)C2=O)cc1. The van der Waals surface area contributed by atoms with Gasteiger partial charge in [-0.05, 0) is 77.5 Å². The summed E-state index contributed by atoms with van der Waals surface area (Å²) in [5, 5.41) is 0. The summed E-state index contributed by atoms with van der Waals surface area (Å²) in [6.45, 7) is 1.83. The van der Waals surface area contributed by atoms with Crippen LogP contribution in [0.3, 0.4) is 0 Å². The molecule has 8 nitrogen and oxygen atoms in total. The van der Waals surface area contributed by atoms with E-state index in [1.54, 1.807) is 78.9 Å². The molecule has 0 unspecified atom stereocenters. The molecule has 1 fully saturated rings. The van der Waals surface area contributed by atoms with Gasteiger partial charge in [0.1, 0.15) is 10.5 Å². The monoisotopic (exact) mass is 694 g/mol. The van der Waals surface area contributed by atoms with Gasteiger partial charge in [0.05, 0.1) is 15.8 Å². The lowest BCUT2D eigenvalue weighted by atomic mass is 10.0. The van der Waals surface area contributed by atoms with Crippen LogP contribution in [0.1, 0.15) is 11.1 Å². The van der Waals surface area contributed by atoms with E-state index < -0.39 is 28.0 Å². The Balaban J connectivity index is 1.66. The van der Waals surface area contributed by atoms with Crippen LogP contribution in [0.15, 0.2) is 116 Å². The maximum atomic E-state index is 13.8. The lowest BCUT2D eigenvalue weighted by Gasteiger charge is -2.34. The fraction of sp³-hybridized carbons (Fsp3) is 0.0333. The molecule has 0 saturated carbocycles. The van der Waals surface area contributed by atoms with Gasteiger partial charge in [-0.3, -0.25) is 9.59 Å². The van der Waals surface area contributed by atoms with Crippen molar-refractivity contribution in [2.45, 2.75) is 11.8 Å². The Bertz CT molecular complexity index is 1750. The number of carbonyl (C=O) groups excluding carboxylic acids is 3. The minimum absolute atomic E-state index is 0.0718. The number of halogens is 2. The number of benzene rings is 4. The lowest BCUT2D eigenvalue weighted by Crippen LogP contribution is -2.57. The number of aryl methyl sites for hydroxylation is 1. The Morgan fingerprint density at radius 3 is 1.76 bits per heavy atom. The van der Waals surface area contributed by atoms with Crippen molar-refractivity contribution in [2.24, 2.45) is 0 Å². The maximum absolute atomic E-state index is 13.8. The van der Waals surface area contributed by atoms with E-state index in [4.69, 9.17) is 4.18 Å². The summed E-state index contributed by atoms with van der Waals surface area (Å²) in [4.78, 5) is 42.8. The first-order valence-corrected chi connectivity index (χ1v) is 15.1. The molecule has 0 N–H and O–H groups in total. The standard InChI is InChI=1S/C30H20Br2N2O6S/c1-19-12-14-24(15-13-19)41(38,39)40-27-20(16-21(31)18-26(27)32)17-25-28(35)33(22-8-4-2-5-9-22)30(37)34(29(25)36)23-10-6-3-7-11-23/h2-18H,1H3. The van der Waals surface area contributed by atoms with E-state index in [1.165, 1.54) is 24.3 Å². The fourth-order valence-electron chi connectivity index (χ4n) is 4.13. The van der Waals surface area contributed by atoms with Gasteiger partial charge in [-0.15, -0.1) is 0 Å². The summed E-state index contributed by atoms with van der Waals surface area (Å²) < 4.78 is 32.7. The molecule has 1 aliphatic rings. The van der Waals surface area contributed by atoms with Gasteiger partial charge in [0.2, 0.25) is 0 Å². The summed E-state index contributed by atoms with van der Waals surface area (Å²) in [5.74, 6) is -1.89. The highest BCUT2D eigenvalue weighted by Gasteiger charge is 2.44. The molecule has 4 aromatic rings. The van der Waals surface area contributed by atoms with E-state index in [1.807, 2.05) is 6.92 Å². The highest BCUT2D eigenvalue weighted by molar-refractivity contribution is 9.11. The van der Waals surface area contributed by atoms with E-state index in [0.717, 1.165) is 15.4 Å². The van der Waals surface area contributed by atoms with Crippen molar-refractivity contribution in [3.8, 4) is 5.75 Å². The van der Waals surface area contributed by atoms with Gasteiger partial charge in [-0.25, -0.2) is 14.6 Å². The van der Waals surface area contributed by atoms with Gasteiger partial charge in [-0.2, -0.15) is 8.42 Å². The molecule has 11 heteroatoms. The Hall–Kier alpha value is -4.06. The summed E-state index contributed by atoms with van der Waals surface area (Å²) in [5.41, 5.74) is 1.12. The van der Waals surface area contributed by atoms with Crippen LogP contribution in [0.25, 0.3) is 6.08 Å². The highest BCUT2D eigenvalue weighted by atomic mass is 79.9. The maximum Gasteiger partial charge on any atom is 0.343 e. The average molecular weight is 696 g/mol. The largest absolute Gasteiger partial charge is 0.377 e. The van der Waals surface area contributed by atoms with Crippen molar-refractivity contribution in [1.82, 2.24) is 0 Å². The highest BCUT2D eigenvalue weighted by Crippen LogP contribution is 2.38. The molecule has 0 bridgehead atoms. The smallest absolute Gasteiger partial charge is 0.343 e. The van der Waals surface area contributed by atoms with E-state index in [2.05, 4.69) is 31.9 Å². The van der Waals surface area contributed by atoms with Gasteiger partial charge in [0.15, 0.2) is 5.75 Å². The van der Waals surface area contributed by atoms with E-state index in [-0.39, 0.29) is 37.6 Å². The van der Waals surface area contributed by atoms with Crippen molar-refractivity contribution < 1.29 is 27.0 Å². The van der Waals surface area contributed by atoms with Crippen LogP contribution >= 0.6 is 31.9 Å². The van der Waals surface area contributed by atoms with Gasteiger partial charge in [0.25, 0.3) is 11.8 Å². The summed E-state index contributed by atoms with van der Waals surface area (Å²) in [6, 6.07) is 24.8. The number of barbiturate groups is 1. The Kier molecular flexibility index (Phi) is 7.94. The fourth-order valence-corrected chi connectivity index (χ4v) is 6.55. The van der Waals surface area contributed by atoms with Gasteiger partial charge in [0, 0.05) is 10.0 Å². The minimum atomic E-state index is -4.29. The van der Waals surface area contributed by atoms with Gasteiger partial charge >= 0.3 is 16.1 Å². The molecule has 0 spiro atoms. The number of amides is 4. The number of nitrogens with zero attached hydrogens (tertiary/aromatic N) is 2. The first-order chi connectivity index (χ1) is 19.6. The number of hydrogen-bond donors (Lipinski definition) is 0. The zero-order valence-corrected chi connectivity index (χ0v) is 25.3. The molecule has 4 aromatic carbocycles. The van der Waals surface area contributed by atoms with E-state index in [0.29, 0.717) is 4.47 Å². The third kappa shape index (κ3) is 5.74. The van der Waals surface area contributed by atoms with Crippen LogP contribution in [0.4, 0.5) is 16.2 Å². The topological polar surface area (TPSA) is 101 Å². The van der Waals surface area contributed by atoms with Gasteiger partial charge in [-0.1, -0.05) is 70.0 Å². The zero-order valence-electron chi connectivity index (χ0n) is 21.3. The molecule has 0 aromatic heterocycles. The normalized spacial score (nSPS) is 13.9. The molecule has 0 atom stereocenters. The van der Waals surface area contributed by atoms with E-state index >= 15 is 0 Å². The molecular formula is C30H20Br2N2O6S. The van der Waals surface area contributed by atoms with Crippen LogP contribution in [0.5, 0.6) is 5.75 Å². The van der Waals surface area contributed by atoms with Crippen LogP contribution in [-0.2, 0) is 19.7 Å². The molecule has 5 rings (SSSR count). The quantitative estimate of drug-likeness (QED) is 0.124. The van der Waals surface area contributed by atoms with Crippen LogP contribution in [-0.4, -0.2) is 26.3 Å². The second kappa shape index (κ2) is 11.4. The average Bonchev–Trinajstić information content (AvgIpc) is 2.94. The van der Waals surface area contributed by atoms with Crippen molar-refractivity contribution in [3.05, 3.63) is 123 Å². The Morgan fingerprint density at radius 2 is 1.24 bits per heavy atom. The van der Waals surface area contributed by atoms with E-state index in [9.17, 15) is 22.8 Å². The molecule has 0 radical (unpaired) electrons. The lowest BCUT2D eigenvalue weighted by molar-refractivity contribution is -0.121. The number of para-hydroxylation sites is 2. The first kappa shape index (κ1) is 28.5. The predicted octanol–water partition coefficient (Wildman–Crippen LogP) is 6.87. The molecule has 41 heavy (non-hydrogen) atoms. The van der Waals surface area contributed by atoms with Crippen LogP contribution in [0.2, 0.25) is 0 Å². The van der Waals surface area contributed by atoms with Crippen molar-refractivity contribution in [3.63, 3.8) is 0 Å². The van der Waals surface area contributed by atoms with Crippen molar-refractivity contribution >= 4 is 77.3 Å². The summed E-state index contributed by atoms with van der Waals surface area (Å²) in [6.07, 6.45) is 1.22. The number of carbonyl (C=O) groups is 3. The first-order valence-electron chi connectivity index (χ1n) is 12.1. The third-order valence-corrected chi connectivity index (χ3v) is 8.40. The summed E-state index contributed by atoms with van der Waals surface area (Å²) in [7, 11) is -4.29. The molecular weight excluding hydrogens is 676 g/mol. The molecule has 0 aliphatic carbocycles.